The van der Waals surface area contributed by atoms with Gasteiger partial charge in [0.15, 0.2) is 0 Å². The van der Waals surface area contributed by atoms with Gasteiger partial charge in [0, 0.05) is 19.0 Å². The molecule has 0 unspecified atom stereocenters. The first-order valence-electron chi connectivity index (χ1n) is 6.27. The van der Waals surface area contributed by atoms with E-state index in [2.05, 4.69) is 5.32 Å². The maximum absolute atomic E-state index is 13.9. The lowest BCUT2D eigenvalue weighted by Gasteiger charge is -2.30. The molecule has 1 aromatic rings. The molecule has 1 spiro atoms. The minimum atomic E-state index is -0.0255. The van der Waals surface area contributed by atoms with Crippen molar-refractivity contribution in [2.45, 2.75) is 31.6 Å². The van der Waals surface area contributed by atoms with E-state index in [1.54, 1.807) is 12.1 Å². The van der Waals surface area contributed by atoms with Crippen molar-refractivity contribution in [1.29, 1.82) is 0 Å². The molecule has 1 N–H and O–H groups in total. The van der Waals surface area contributed by atoms with E-state index in [0.29, 0.717) is 11.3 Å². The van der Waals surface area contributed by atoms with E-state index in [4.69, 9.17) is 0 Å². The Balaban J connectivity index is 1.97. The van der Waals surface area contributed by atoms with Gasteiger partial charge in [0.2, 0.25) is 0 Å². The van der Waals surface area contributed by atoms with Crippen LogP contribution >= 0.6 is 0 Å². The van der Waals surface area contributed by atoms with Crippen LogP contribution in [0, 0.1) is 11.2 Å². The maximum atomic E-state index is 13.9. The van der Waals surface area contributed by atoms with Gasteiger partial charge in [-0.3, -0.25) is 0 Å². The van der Waals surface area contributed by atoms with Crippen molar-refractivity contribution in [2.24, 2.45) is 5.41 Å². The van der Waals surface area contributed by atoms with Gasteiger partial charge in [0.1, 0.15) is 5.82 Å². The number of hydrogen-bond donors (Lipinski definition) is 1. The number of hydrogen-bond acceptors (Lipinski definition) is 1. The minimum absolute atomic E-state index is 0.0255. The zero-order valence-electron chi connectivity index (χ0n) is 9.51. The predicted molar refractivity (Wildman–Crippen MR) is 62.9 cm³/mol. The Labute approximate surface area is 96.1 Å². The highest BCUT2D eigenvalue weighted by atomic mass is 19.1. The summed E-state index contributed by atoms with van der Waals surface area (Å²) >= 11 is 0. The minimum Gasteiger partial charge on any atom is -0.316 e. The molecular formula is C14H18FN. The summed E-state index contributed by atoms with van der Waals surface area (Å²) < 4.78 is 13.9. The molecule has 3 rings (SSSR count). The lowest BCUT2D eigenvalue weighted by Crippen LogP contribution is -2.25. The SMILES string of the molecule is Fc1ccccc1[C@H]1CNCC12CCCC2. The molecule has 16 heavy (non-hydrogen) atoms. The average Bonchev–Trinajstić information content (AvgIpc) is 2.91. The first-order valence-corrected chi connectivity index (χ1v) is 6.27. The van der Waals surface area contributed by atoms with E-state index in [-0.39, 0.29) is 5.82 Å². The summed E-state index contributed by atoms with van der Waals surface area (Å²) in [6.45, 7) is 2.02. The molecule has 0 amide bonds. The molecule has 1 aliphatic heterocycles. The molecule has 1 atom stereocenters. The largest absolute Gasteiger partial charge is 0.316 e. The lowest BCUT2D eigenvalue weighted by atomic mass is 9.73. The molecule has 1 aromatic carbocycles. The molecule has 1 nitrogen and oxygen atoms in total. The Morgan fingerprint density at radius 2 is 1.94 bits per heavy atom. The second-order valence-electron chi connectivity index (χ2n) is 5.27. The van der Waals surface area contributed by atoms with Crippen LogP contribution in [0.1, 0.15) is 37.2 Å². The van der Waals surface area contributed by atoms with E-state index < -0.39 is 0 Å². The number of rotatable bonds is 1. The zero-order chi connectivity index (χ0) is 11.0. The quantitative estimate of drug-likeness (QED) is 0.765. The number of benzene rings is 1. The van der Waals surface area contributed by atoms with Crippen molar-refractivity contribution in [3.05, 3.63) is 35.6 Å². The van der Waals surface area contributed by atoms with E-state index in [1.165, 1.54) is 25.7 Å². The molecular weight excluding hydrogens is 201 g/mol. The van der Waals surface area contributed by atoms with E-state index in [9.17, 15) is 4.39 Å². The van der Waals surface area contributed by atoms with Crippen molar-refractivity contribution < 1.29 is 4.39 Å². The highest BCUT2D eigenvalue weighted by molar-refractivity contribution is 5.27. The monoisotopic (exact) mass is 219 g/mol. The Morgan fingerprint density at radius 1 is 1.19 bits per heavy atom. The molecule has 0 radical (unpaired) electrons. The summed E-state index contributed by atoms with van der Waals surface area (Å²) in [6, 6.07) is 7.30. The van der Waals surface area contributed by atoms with Gasteiger partial charge >= 0.3 is 0 Å². The Bertz CT molecular complexity index is 377. The highest BCUT2D eigenvalue weighted by Crippen LogP contribution is 2.51. The summed E-state index contributed by atoms with van der Waals surface area (Å²) in [6.07, 6.45) is 5.15. The van der Waals surface area contributed by atoms with Crippen molar-refractivity contribution in [2.75, 3.05) is 13.1 Å². The van der Waals surface area contributed by atoms with Crippen LogP contribution in [0.15, 0.2) is 24.3 Å². The summed E-state index contributed by atoms with van der Waals surface area (Å²) in [7, 11) is 0. The van der Waals surface area contributed by atoms with Crippen molar-refractivity contribution in [3.63, 3.8) is 0 Å². The van der Waals surface area contributed by atoms with Gasteiger partial charge in [-0.25, -0.2) is 4.39 Å². The maximum Gasteiger partial charge on any atom is 0.126 e. The van der Waals surface area contributed by atoms with Crippen LogP contribution in [0.25, 0.3) is 0 Å². The van der Waals surface area contributed by atoms with E-state index >= 15 is 0 Å². The molecule has 0 aromatic heterocycles. The summed E-state index contributed by atoms with van der Waals surface area (Å²) in [4.78, 5) is 0. The van der Waals surface area contributed by atoms with Crippen LogP contribution in [-0.2, 0) is 0 Å². The van der Waals surface area contributed by atoms with Crippen molar-refractivity contribution in [1.82, 2.24) is 5.32 Å². The number of nitrogens with one attached hydrogen (secondary N) is 1. The molecule has 86 valence electrons. The Kier molecular flexibility index (Phi) is 2.47. The third kappa shape index (κ3) is 1.47. The fourth-order valence-electron chi connectivity index (χ4n) is 3.61. The molecule has 1 aliphatic carbocycles. The average molecular weight is 219 g/mol. The second-order valence-corrected chi connectivity index (χ2v) is 5.27. The molecule has 2 heteroatoms. The van der Waals surface area contributed by atoms with Gasteiger partial charge in [0.25, 0.3) is 0 Å². The summed E-state index contributed by atoms with van der Waals surface area (Å²) in [5.74, 6) is 0.360. The van der Waals surface area contributed by atoms with Crippen LogP contribution < -0.4 is 5.32 Å². The van der Waals surface area contributed by atoms with Gasteiger partial charge < -0.3 is 5.32 Å². The van der Waals surface area contributed by atoms with Crippen LogP contribution in [-0.4, -0.2) is 13.1 Å². The van der Waals surface area contributed by atoms with Crippen LogP contribution in [0.2, 0.25) is 0 Å². The van der Waals surface area contributed by atoms with Crippen molar-refractivity contribution in [3.8, 4) is 0 Å². The molecule has 2 aliphatic rings. The highest BCUT2D eigenvalue weighted by Gasteiger charge is 2.45. The van der Waals surface area contributed by atoms with Crippen LogP contribution in [0.4, 0.5) is 4.39 Å². The topological polar surface area (TPSA) is 12.0 Å². The fraction of sp³-hybridized carbons (Fsp3) is 0.571. The third-order valence-electron chi connectivity index (χ3n) is 4.44. The standard InChI is InChI=1S/C14H18FN/c15-13-6-2-1-5-11(13)12-9-16-10-14(12)7-3-4-8-14/h1-2,5-6,12,16H,3-4,7-10H2/t12-/m1/s1. The molecule has 1 saturated heterocycles. The summed E-state index contributed by atoms with van der Waals surface area (Å²) in [5, 5.41) is 3.46. The smallest absolute Gasteiger partial charge is 0.126 e. The fourth-order valence-corrected chi connectivity index (χ4v) is 3.61. The van der Waals surface area contributed by atoms with Crippen LogP contribution in [0.5, 0.6) is 0 Å². The third-order valence-corrected chi connectivity index (χ3v) is 4.44. The predicted octanol–water partition coefficient (Wildman–Crippen LogP) is 3.07. The Morgan fingerprint density at radius 3 is 2.69 bits per heavy atom. The van der Waals surface area contributed by atoms with Gasteiger partial charge in [-0.15, -0.1) is 0 Å². The first-order chi connectivity index (χ1) is 7.82. The summed E-state index contributed by atoms with van der Waals surface area (Å²) in [5.41, 5.74) is 1.27. The van der Waals surface area contributed by atoms with Crippen molar-refractivity contribution >= 4 is 0 Å². The van der Waals surface area contributed by atoms with Gasteiger partial charge in [-0.05, 0) is 29.9 Å². The van der Waals surface area contributed by atoms with E-state index in [0.717, 1.165) is 18.7 Å². The van der Waals surface area contributed by atoms with E-state index in [1.807, 2.05) is 12.1 Å². The molecule has 0 bridgehead atoms. The molecule has 1 saturated carbocycles. The second kappa shape index (κ2) is 3.85. The Hall–Kier alpha value is -0.890. The zero-order valence-corrected chi connectivity index (χ0v) is 9.51. The molecule has 2 fully saturated rings. The lowest BCUT2D eigenvalue weighted by molar-refractivity contribution is 0.290. The van der Waals surface area contributed by atoms with Gasteiger partial charge in [-0.2, -0.15) is 0 Å². The normalized spacial score (nSPS) is 27.7. The number of halogens is 1. The molecule has 1 heterocycles. The van der Waals surface area contributed by atoms with Gasteiger partial charge in [-0.1, -0.05) is 31.0 Å². The first kappa shape index (κ1) is 10.3. The van der Waals surface area contributed by atoms with Crippen LogP contribution in [0.3, 0.4) is 0 Å². The van der Waals surface area contributed by atoms with Gasteiger partial charge in [0.05, 0.1) is 0 Å².